The number of rotatable bonds is 3. The van der Waals surface area contributed by atoms with Crippen LogP contribution in [-0.4, -0.2) is 21.9 Å². The van der Waals surface area contributed by atoms with Crippen LogP contribution in [0.1, 0.15) is 12.0 Å². The molecule has 0 aliphatic heterocycles. The van der Waals surface area contributed by atoms with Gasteiger partial charge in [0.25, 0.3) is 0 Å². The largest absolute Gasteiger partial charge is 0.504 e. The summed E-state index contributed by atoms with van der Waals surface area (Å²) in [6, 6.07) is 0.835. The Kier molecular flexibility index (Phi) is 3.71. The van der Waals surface area contributed by atoms with Crippen LogP contribution in [0.15, 0.2) is 10.5 Å². The molecule has 1 rings (SSSR count). The average Bonchev–Trinajstić information content (AvgIpc) is 2.15. The third-order valence-electron chi connectivity index (χ3n) is 1.85. The van der Waals surface area contributed by atoms with E-state index in [1.165, 1.54) is 0 Å². The number of phenols is 2. The van der Waals surface area contributed by atoms with Gasteiger partial charge in [0.15, 0.2) is 11.5 Å². The summed E-state index contributed by atoms with van der Waals surface area (Å²) < 4.78 is 13.2. The summed E-state index contributed by atoms with van der Waals surface area (Å²) in [5, 5.41) is 27.1. The molecular weight excluding hydrogens is 255 g/mol. The van der Waals surface area contributed by atoms with Gasteiger partial charge in [-0.3, -0.25) is 0 Å². The zero-order valence-corrected chi connectivity index (χ0v) is 8.88. The molecule has 1 aromatic rings. The molecule has 3 nitrogen and oxygen atoms in total. The number of phenolic OH excluding ortho intramolecular Hbond substituents is 2. The zero-order chi connectivity index (χ0) is 10.7. The van der Waals surface area contributed by atoms with E-state index in [2.05, 4.69) is 15.9 Å². The van der Waals surface area contributed by atoms with Gasteiger partial charge in [-0.15, -0.1) is 0 Å². The first-order chi connectivity index (χ1) is 6.57. The minimum Gasteiger partial charge on any atom is -0.504 e. The quantitative estimate of drug-likeness (QED) is 0.732. The third-order valence-corrected chi connectivity index (χ3v) is 2.71. The van der Waals surface area contributed by atoms with Crippen LogP contribution in [0.25, 0.3) is 0 Å². The van der Waals surface area contributed by atoms with Crippen LogP contribution in [0, 0.1) is 5.82 Å². The summed E-state index contributed by atoms with van der Waals surface area (Å²) in [5.41, 5.74) is 0.275. The van der Waals surface area contributed by atoms with Gasteiger partial charge >= 0.3 is 0 Å². The van der Waals surface area contributed by atoms with Crippen LogP contribution >= 0.6 is 15.9 Å². The Morgan fingerprint density at radius 2 is 2.00 bits per heavy atom. The summed E-state index contributed by atoms with van der Waals surface area (Å²) in [5.74, 6) is -1.46. The SMILES string of the molecule is OCCCc1c(O)c(O)cc(F)c1Br. The van der Waals surface area contributed by atoms with Crippen LogP contribution in [0.3, 0.4) is 0 Å². The predicted molar refractivity (Wildman–Crippen MR) is 52.8 cm³/mol. The van der Waals surface area contributed by atoms with E-state index in [1.54, 1.807) is 0 Å². The number of hydrogen-bond acceptors (Lipinski definition) is 3. The molecule has 0 atom stereocenters. The number of aromatic hydroxyl groups is 2. The number of aliphatic hydroxyl groups excluding tert-OH is 1. The van der Waals surface area contributed by atoms with Crippen molar-refractivity contribution in [1.29, 1.82) is 0 Å². The molecule has 0 fully saturated rings. The summed E-state index contributed by atoms with van der Waals surface area (Å²) >= 11 is 2.97. The topological polar surface area (TPSA) is 60.7 Å². The molecule has 14 heavy (non-hydrogen) atoms. The minimum atomic E-state index is -0.631. The molecule has 0 saturated heterocycles. The fourth-order valence-corrected chi connectivity index (χ4v) is 1.64. The van der Waals surface area contributed by atoms with Gasteiger partial charge in [-0.1, -0.05) is 0 Å². The van der Waals surface area contributed by atoms with E-state index in [0.29, 0.717) is 12.8 Å². The third kappa shape index (κ3) is 2.16. The van der Waals surface area contributed by atoms with Gasteiger partial charge in [0.05, 0.1) is 4.47 Å². The molecule has 0 bridgehead atoms. The Bertz CT molecular complexity index is 315. The van der Waals surface area contributed by atoms with Crippen molar-refractivity contribution < 1.29 is 19.7 Å². The lowest BCUT2D eigenvalue weighted by atomic mass is 10.1. The van der Waals surface area contributed by atoms with E-state index in [9.17, 15) is 9.50 Å². The van der Waals surface area contributed by atoms with Crippen molar-refractivity contribution >= 4 is 15.9 Å². The Morgan fingerprint density at radius 3 is 2.57 bits per heavy atom. The first-order valence-corrected chi connectivity index (χ1v) is 4.87. The molecule has 0 unspecified atom stereocenters. The zero-order valence-electron chi connectivity index (χ0n) is 7.30. The monoisotopic (exact) mass is 264 g/mol. The number of benzene rings is 1. The van der Waals surface area contributed by atoms with Gasteiger partial charge < -0.3 is 15.3 Å². The molecule has 1 aromatic carbocycles. The average molecular weight is 265 g/mol. The number of hydrogen-bond donors (Lipinski definition) is 3. The van der Waals surface area contributed by atoms with Gasteiger partial charge in [0.1, 0.15) is 5.82 Å². The second-order valence-electron chi connectivity index (χ2n) is 2.85. The molecule has 0 spiro atoms. The molecule has 0 heterocycles. The molecule has 0 amide bonds. The molecule has 0 aromatic heterocycles. The fraction of sp³-hybridized carbons (Fsp3) is 0.333. The fourth-order valence-electron chi connectivity index (χ4n) is 1.14. The predicted octanol–water partition coefficient (Wildman–Crippen LogP) is 1.92. The second kappa shape index (κ2) is 4.61. The molecule has 0 aliphatic rings. The highest BCUT2D eigenvalue weighted by Crippen LogP contribution is 2.37. The maximum atomic E-state index is 13.1. The van der Waals surface area contributed by atoms with Crippen molar-refractivity contribution in [2.75, 3.05) is 6.61 Å². The Morgan fingerprint density at radius 1 is 1.36 bits per heavy atom. The Labute approximate surface area is 88.9 Å². The second-order valence-corrected chi connectivity index (χ2v) is 3.64. The lowest BCUT2D eigenvalue weighted by molar-refractivity contribution is 0.287. The molecule has 78 valence electrons. The van der Waals surface area contributed by atoms with Gasteiger partial charge in [-0.05, 0) is 28.8 Å². The van der Waals surface area contributed by atoms with Crippen molar-refractivity contribution in [1.82, 2.24) is 0 Å². The van der Waals surface area contributed by atoms with E-state index in [-0.39, 0.29) is 22.4 Å². The molecular formula is C9H10BrFO3. The molecule has 0 aliphatic carbocycles. The van der Waals surface area contributed by atoms with Crippen LogP contribution < -0.4 is 0 Å². The highest BCUT2D eigenvalue weighted by molar-refractivity contribution is 9.10. The molecule has 3 N–H and O–H groups in total. The summed E-state index contributed by atoms with van der Waals surface area (Å²) in [6.45, 7) is -0.0524. The molecule has 0 radical (unpaired) electrons. The van der Waals surface area contributed by atoms with E-state index < -0.39 is 11.6 Å². The van der Waals surface area contributed by atoms with E-state index in [4.69, 9.17) is 10.2 Å². The van der Waals surface area contributed by atoms with Gasteiger partial charge in [-0.2, -0.15) is 0 Å². The van der Waals surface area contributed by atoms with Gasteiger partial charge in [0, 0.05) is 18.2 Å². The molecule has 0 saturated carbocycles. The van der Waals surface area contributed by atoms with Crippen LogP contribution in [-0.2, 0) is 6.42 Å². The smallest absolute Gasteiger partial charge is 0.162 e. The Hall–Kier alpha value is -0.810. The summed E-state index contributed by atoms with van der Waals surface area (Å²) in [4.78, 5) is 0. The normalized spacial score (nSPS) is 10.5. The first-order valence-electron chi connectivity index (χ1n) is 4.07. The summed E-state index contributed by atoms with van der Waals surface area (Å²) in [6.07, 6.45) is 0.698. The first kappa shape index (κ1) is 11.3. The van der Waals surface area contributed by atoms with Crippen molar-refractivity contribution in [3.8, 4) is 11.5 Å². The van der Waals surface area contributed by atoms with Gasteiger partial charge in [0.2, 0.25) is 0 Å². The highest BCUT2D eigenvalue weighted by Gasteiger charge is 2.15. The summed E-state index contributed by atoms with van der Waals surface area (Å²) in [7, 11) is 0. The van der Waals surface area contributed by atoms with Crippen molar-refractivity contribution in [3.63, 3.8) is 0 Å². The minimum absolute atomic E-state index is 0.0524. The van der Waals surface area contributed by atoms with Crippen molar-refractivity contribution in [2.45, 2.75) is 12.8 Å². The molecule has 5 heteroatoms. The standard InChI is InChI=1S/C9H10BrFO3/c10-8-5(2-1-3-12)9(14)7(13)4-6(8)11/h4,12-14H,1-3H2. The number of aliphatic hydroxyl groups is 1. The Balaban J connectivity index is 3.11. The highest BCUT2D eigenvalue weighted by atomic mass is 79.9. The van der Waals surface area contributed by atoms with E-state index >= 15 is 0 Å². The lowest BCUT2D eigenvalue weighted by Gasteiger charge is -2.08. The maximum absolute atomic E-state index is 13.1. The lowest BCUT2D eigenvalue weighted by Crippen LogP contribution is -1.94. The van der Waals surface area contributed by atoms with Crippen LogP contribution in [0.2, 0.25) is 0 Å². The maximum Gasteiger partial charge on any atom is 0.162 e. The van der Waals surface area contributed by atoms with Gasteiger partial charge in [-0.25, -0.2) is 4.39 Å². The van der Waals surface area contributed by atoms with Crippen LogP contribution in [0.5, 0.6) is 11.5 Å². The van der Waals surface area contributed by atoms with E-state index in [1.807, 2.05) is 0 Å². The number of halogens is 2. The van der Waals surface area contributed by atoms with Crippen LogP contribution in [0.4, 0.5) is 4.39 Å². The van der Waals surface area contributed by atoms with Crippen molar-refractivity contribution in [3.05, 3.63) is 21.9 Å². The van der Waals surface area contributed by atoms with Crippen molar-refractivity contribution in [2.24, 2.45) is 0 Å². The van der Waals surface area contributed by atoms with E-state index in [0.717, 1.165) is 6.07 Å².